The summed E-state index contributed by atoms with van der Waals surface area (Å²) in [7, 11) is -3.66. The number of hydrogen-bond donors (Lipinski definition) is 2. The van der Waals surface area contributed by atoms with Crippen molar-refractivity contribution in [2.75, 3.05) is 13.2 Å². The average molecular weight is 286 g/mol. The topological polar surface area (TPSA) is 90.5 Å². The molecule has 1 aliphatic rings. The molecule has 6 nitrogen and oxygen atoms in total. The van der Waals surface area contributed by atoms with E-state index in [2.05, 4.69) is 4.98 Å². The number of aliphatic hydroxyl groups excluding tert-OH is 1. The molecule has 2 rings (SSSR count). The summed E-state index contributed by atoms with van der Waals surface area (Å²) in [6.07, 6.45) is 4.86. The van der Waals surface area contributed by atoms with Crippen molar-refractivity contribution in [2.24, 2.45) is 0 Å². The number of sulfonamides is 1. The highest BCUT2D eigenvalue weighted by Gasteiger charge is 2.32. The van der Waals surface area contributed by atoms with Crippen molar-refractivity contribution < 1.29 is 13.5 Å². The number of aromatic nitrogens is 1. The molecule has 7 heteroatoms. The van der Waals surface area contributed by atoms with Gasteiger partial charge in [0.05, 0.1) is 11.5 Å². The first-order chi connectivity index (χ1) is 9.05. The molecular formula is C12H18N2O4S. The summed E-state index contributed by atoms with van der Waals surface area (Å²) in [5.41, 5.74) is -0.339. The number of rotatable bonds is 5. The van der Waals surface area contributed by atoms with E-state index >= 15 is 0 Å². The normalized spacial score (nSPS) is 17.2. The number of hydrogen-bond acceptors (Lipinski definition) is 4. The van der Waals surface area contributed by atoms with E-state index in [-0.39, 0.29) is 29.6 Å². The van der Waals surface area contributed by atoms with Gasteiger partial charge in [-0.25, -0.2) is 8.42 Å². The summed E-state index contributed by atoms with van der Waals surface area (Å²) in [4.78, 5) is 13.4. The summed E-state index contributed by atoms with van der Waals surface area (Å²) in [5, 5.41) is 9.09. The standard InChI is InChI=1S/C12H18N2O4S/c15-8-7-14(10-3-1-2-4-10)19(17,18)11-5-6-12(16)13-9-11/h5-6,9-10,15H,1-4,7-8H2,(H,13,16). The van der Waals surface area contributed by atoms with E-state index in [4.69, 9.17) is 5.11 Å². The van der Waals surface area contributed by atoms with Crippen molar-refractivity contribution in [3.8, 4) is 0 Å². The Morgan fingerprint density at radius 2 is 2.00 bits per heavy atom. The van der Waals surface area contributed by atoms with E-state index in [0.29, 0.717) is 0 Å². The fourth-order valence-electron chi connectivity index (χ4n) is 2.48. The fraction of sp³-hybridized carbons (Fsp3) is 0.583. The number of pyridine rings is 1. The van der Waals surface area contributed by atoms with Gasteiger partial charge in [0.15, 0.2) is 0 Å². The van der Waals surface area contributed by atoms with Gasteiger partial charge in [-0.1, -0.05) is 12.8 Å². The van der Waals surface area contributed by atoms with Gasteiger partial charge in [0, 0.05) is 24.8 Å². The predicted octanol–water partition coefficient (Wildman–Crippen LogP) is 0.300. The van der Waals surface area contributed by atoms with Crippen molar-refractivity contribution in [3.63, 3.8) is 0 Å². The number of aliphatic hydroxyl groups is 1. The zero-order chi connectivity index (χ0) is 13.9. The summed E-state index contributed by atoms with van der Waals surface area (Å²) in [6, 6.07) is 2.44. The Labute approximate surface area is 112 Å². The van der Waals surface area contributed by atoms with Gasteiger partial charge in [0.25, 0.3) is 0 Å². The van der Waals surface area contributed by atoms with Gasteiger partial charge in [-0.2, -0.15) is 4.31 Å². The van der Waals surface area contributed by atoms with Crippen LogP contribution in [0.3, 0.4) is 0 Å². The van der Waals surface area contributed by atoms with Gasteiger partial charge in [-0.15, -0.1) is 0 Å². The van der Waals surface area contributed by atoms with Gasteiger partial charge >= 0.3 is 0 Å². The molecule has 106 valence electrons. The van der Waals surface area contributed by atoms with E-state index < -0.39 is 10.0 Å². The minimum atomic E-state index is -3.66. The molecule has 0 radical (unpaired) electrons. The first kappa shape index (κ1) is 14.2. The molecule has 0 amide bonds. The first-order valence-electron chi connectivity index (χ1n) is 6.37. The Hall–Kier alpha value is -1.18. The zero-order valence-electron chi connectivity index (χ0n) is 10.6. The van der Waals surface area contributed by atoms with Crippen LogP contribution in [0.15, 0.2) is 28.0 Å². The van der Waals surface area contributed by atoms with Crippen molar-refractivity contribution in [1.29, 1.82) is 0 Å². The van der Waals surface area contributed by atoms with Crippen LogP contribution >= 0.6 is 0 Å². The number of aromatic amines is 1. The summed E-state index contributed by atoms with van der Waals surface area (Å²) >= 11 is 0. The molecule has 1 aliphatic carbocycles. The van der Waals surface area contributed by atoms with Gasteiger partial charge < -0.3 is 10.1 Å². The van der Waals surface area contributed by atoms with E-state index in [0.717, 1.165) is 25.7 Å². The molecule has 0 saturated heterocycles. The second-order valence-corrected chi connectivity index (χ2v) is 6.56. The monoisotopic (exact) mass is 286 g/mol. The van der Waals surface area contributed by atoms with Crippen LogP contribution in [0.25, 0.3) is 0 Å². The molecule has 1 aromatic rings. The number of nitrogens with one attached hydrogen (secondary N) is 1. The molecule has 1 saturated carbocycles. The van der Waals surface area contributed by atoms with Crippen LogP contribution in [0.5, 0.6) is 0 Å². The Morgan fingerprint density at radius 3 is 2.53 bits per heavy atom. The molecule has 1 fully saturated rings. The smallest absolute Gasteiger partial charge is 0.247 e. The Balaban J connectivity index is 2.33. The highest BCUT2D eigenvalue weighted by Crippen LogP contribution is 2.27. The minimum Gasteiger partial charge on any atom is -0.395 e. The first-order valence-corrected chi connectivity index (χ1v) is 7.81. The molecule has 0 spiro atoms. The van der Waals surface area contributed by atoms with Crippen LogP contribution in [0.1, 0.15) is 25.7 Å². The quantitative estimate of drug-likeness (QED) is 0.814. The molecule has 0 aliphatic heterocycles. The largest absolute Gasteiger partial charge is 0.395 e. The van der Waals surface area contributed by atoms with E-state index in [1.54, 1.807) is 0 Å². The van der Waals surface area contributed by atoms with Gasteiger partial charge in [0.1, 0.15) is 0 Å². The third-order valence-corrected chi connectivity index (χ3v) is 5.36. The highest BCUT2D eigenvalue weighted by molar-refractivity contribution is 7.89. The molecule has 0 bridgehead atoms. The second-order valence-electron chi connectivity index (χ2n) is 4.67. The maximum absolute atomic E-state index is 12.5. The predicted molar refractivity (Wildman–Crippen MR) is 70.3 cm³/mol. The molecule has 2 N–H and O–H groups in total. The molecule has 19 heavy (non-hydrogen) atoms. The zero-order valence-corrected chi connectivity index (χ0v) is 11.4. The van der Waals surface area contributed by atoms with Crippen LogP contribution in [0.4, 0.5) is 0 Å². The lowest BCUT2D eigenvalue weighted by atomic mass is 10.2. The number of nitrogens with zero attached hydrogens (tertiary/aromatic N) is 1. The van der Waals surface area contributed by atoms with E-state index in [9.17, 15) is 13.2 Å². The summed E-state index contributed by atoms with van der Waals surface area (Å²) in [5.74, 6) is 0. The van der Waals surface area contributed by atoms with Crippen LogP contribution in [0.2, 0.25) is 0 Å². The third-order valence-electron chi connectivity index (χ3n) is 3.41. The van der Waals surface area contributed by atoms with Crippen LogP contribution in [-0.4, -0.2) is 42.0 Å². The van der Waals surface area contributed by atoms with Crippen molar-refractivity contribution in [2.45, 2.75) is 36.6 Å². The van der Waals surface area contributed by atoms with Gasteiger partial charge in [-0.05, 0) is 18.9 Å². The van der Waals surface area contributed by atoms with Gasteiger partial charge in [0.2, 0.25) is 15.6 Å². The Bertz CT molecular complexity index is 555. The average Bonchev–Trinajstić information content (AvgIpc) is 2.89. The molecule has 1 aromatic heterocycles. The Kier molecular flexibility index (Phi) is 4.38. The Morgan fingerprint density at radius 1 is 1.32 bits per heavy atom. The van der Waals surface area contributed by atoms with E-state index in [1.807, 2.05) is 0 Å². The minimum absolute atomic E-state index is 0.0518. The lowest BCUT2D eigenvalue weighted by molar-refractivity contribution is 0.226. The van der Waals surface area contributed by atoms with Crippen molar-refractivity contribution in [1.82, 2.24) is 9.29 Å². The molecule has 0 unspecified atom stereocenters. The molecule has 0 aromatic carbocycles. The van der Waals surface area contributed by atoms with E-state index in [1.165, 1.54) is 22.6 Å². The van der Waals surface area contributed by atoms with Crippen LogP contribution in [-0.2, 0) is 10.0 Å². The third kappa shape index (κ3) is 3.05. The fourth-order valence-corrected chi connectivity index (χ4v) is 4.13. The number of H-pyrrole nitrogens is 1. The lowest BCUT2D eigenvalue weighted by Gasteiger charge is -2.27. The van der Waals surface area contributed by atoms with Crippen molar-refractivity contribution >= 4 is 10.0 Å². The van der Waals surface area contributed by atoms with Crippen molar-refractivity contribution in [3.05, 3.63) is 28.7 Å². The molecule has 0 atom stereocenters. The lowest BCUT2D eigenvalue weighted by Crippen LogP contribution is -2.40. The maximum atomic E-state index is 12.5. The second kappa shape index (κ2) is 5.85. The SMILES string of the molecule is O=c1ccc(S(=O)(=O)N(CCO)C2CCCC2)c[nH]1. The summed E-state index contributed by atoms with van der Waals surface area (Å²) in [6.45, 7) is -0.120. The molecular weight excluding hydrogens is 268 g/mol. The van der Waals surface area contributed by atoms with Crippen LogP contribution in [0, 0.1) is 0 Å². The maximum Gasteiger partial charge on any atom is 0.247 e. The summed E-state index contributed by atoms with van der Waals surface area (Å²) < 4.78 is 26.4. The van der Waals surface area contributed by atoms with Gasteiger partial charge in [-0.3, -0.25) is 4.79 Å². The molecule has 1 heterocycles. The highest BCUT2D eigenvalue weighted by atomic mass is 32.2. The van der Waals surface area contributed by atoms with Crippen LogP contribution < -0.4 is 5.56 Å².